The molecule has 4 rings (SSSR count). The third-order valence-electron chi connectivity index (χ3n) is 7.07. The van der Waals surface area contributed by atoms with Gasteiger partial charge in [-0.25, -0.2) is 21.2 Å². The first kappa shape index (κ1) is 31.5. The molecule has 0 aliphatic carbocycles. The lowest BCUT2D eigenvalue weighted by atomic mass is 10.0. The van der Waals surface area contributed by atoms with Gasteiger partial charge >= 0.3 is 0 Å². The fourth-order valence-corrected chi connectivity index (χ4v) is 7.58. The number of fused-ring (bicyclic) bond motifs is 1. The molecule has 9 nitrogen and oxygen atoms in total. The molecule has 1 aliphatic heterocycles. The second-order valence-corrected chi connectivity index (χ2v) is 14.0. The van der Waals surface area contributed by atoms with Crippen LogP contribution in [0, 0.1) is 23.6 Å². The monoisotopic (exact) mass is 616 g/mol. The second kappa shape index (κ2) is 12.8. The van der Waals surface area contributed by atoms with E-state index >= 15 is 0 Å². The van der Waals surface area contributed by atoms with E-state index in [1.54, 1.807) is 51.3 Å². The minimum absolute atomic E-state index is 0.0000830. The van der Waals surface area contributed by atoms with Crippen LogP contribution in [-0.2, 0) is 20.0 Å². The van der Waals surface area contributed by atoms with E-state index in [0.717, 1.165) is 10.4 Å². The first-order valence-electron chi connectivity index (χ1n) is 13.2. The average molecular weight is 617 g/mol. The highest BCUT2D eigenvalue weighted by Crippen LogP contribution is 2.34. The summed E-state index contributed by atoms with van der Waals surface area (Å²) in [5.74, 6) is 5.32. The van der Waals surface area contributed by atoms with Gasteiger partial charge in [-0.15, -0.1) is 0 Å². The van der Waals surface area contributed by atoms with Gasteiger partial charge in [0.05, 0.1) is 20.3 Å². The third kappa shape index (κ3) is 6.61. The number of rotatable bonds is 7. The van der Waals surface area contributed by atoms with E-state index in [1.165, 1.54) is 41.7 Å². The van der Waals surface area contributed by atoms with Crippen LogP contribution in [0.25, 0.3) is 0 Å². The van der Waals surface area contributed by atoms with E-state index in [1.807, 2.05) is 0 Å². The Hall–Kier alpha value is -3.47. The third-order valence-corrected chi connectivity index (χ3v) is 10.9. The number of halogens is 1. The predicted molar refractivity (Wildman–Crippen MR) is 156 cm³/mol. The van der Waals surface area contributed by atoms with Gasteiger partial charge in [0, 0.05) is 36.7 Å². The number of benzene rings is 3. The van der Waals surface area contributed by atoms with E-state index < -0.39 is 55.4 Å². The molecular weight excluding hydrogens is 583 g/mol. The van der Waals surface area contributed by atoms with Crippen LogP contribution in [0.2, 0.25) is 0 Å². The number of sulfonamides is 2. The number of hydrogen-bond acceptors (Lipinski definition) is 7. The van der Waals surface area contributed by atoms with Crippen molar-refractivity contribution < 1.29 is 35.8 Å². The molecule has 224 valence electrons. The van der Waals surface area contributed by atoms with Crippen LogP contribution >= 0.6 is 0 Å². The summed E-state index contributed by atoms with van der Waals surface area (Å²) in [5.41, 5.74) is 1.19. The van der Waals surface area contributed by atoms with Crippen LogP contribution in [-0.4, -0.2) is 76.6 Å². The maximum atomic E-state index is 14.4. The van der Waals surface area contributed by atoms with Crippen molar-refractivity contribution in [2.24, 2.45) is 5.92 Å². The Morgan fingerprint density at radius 2 is 1.76 bits per heavy atom. The molecule has 0 fully saturated rings. The highest BCUT2D eigenvalue weighted by Gasteiger charge is 2.39. The molecule has 0 saturated carbocycles. The summed E-state index contributed by atoms with van der Waals surface area (Å²) in [6, 6.07) is 15.9. The molecule has 3 aromatic rings. The van der Waals surface area contributed by atoms with Gasteiger partial charge in [-0.05, 0) is 61.5 Å². The summed E-state index contributed by atoms with van der Waals surface area (Å²) in [5, 5.41) is 9.85. The zero-order valence-corrected chi connectivity index (χ0v) is 25.3. The van der Waals surface area contributed by atoms with Gasteiger partial charge in [-0.1, -0.05) is 30.9 Å². The molecule has 1 N–H and O–H groups in total. The maximum absolute atomic E-state index is 14.4. The summed E-state index contributed by atoms with van der Waals surface area (Å²) in [4.78, 5) is -0.602. The molecule has 1 heterocycles. The molecule has 0 saturated heterocycles. The number of hydrogen-bond donors (Lipinski definition) is 1. The average Bonchev–Trinajstić information content (AvgIpc) is 2.97. The molecular formula is C30H33FN2O7S2. The minimum Gasteiger partial charge on any atom is -0.497 e. The fraction of sp³-hybridized carbons (Fsp3) is 0.333. The first-order valence-corrected chi connectivity index (χ1v) is 16.1. The molecule has 3 atom stereocenters. The Balaban J connectivity index is 1.74. The van der Waals surface area contributed by atoms with Crippen LogP contribution in [0.1, 0.15) is 25.0 Å². The smallest absolute Gasteiger partial charge is 0.247 e. The molecule has 3 aromatic carbocycles. The van der Waals surface area contributed by atoms with Crippen molar-refractivity contribution in [1.29, 1.82) is 0 Å². The predicted octanol–water partition coefficient (Wildman–Crippen LogP) is 3.32. The quantitative estimate of drug-likeness (QED) is 0.405. The first-order chi connectivity index (χ1) is 19.9. The van der Waals surface area contributed by atoms with Crippen molar-refractivity contribution in [3.63, 3.8) is 0 Å². The van der Waals surface area contributed by atoms with Gasteiger partial charge in [0.15, 0.2) is 0 Å². The Kier molecular flexibility index (Phi) is 9.60. The largest absolute Gasteiger partial charge is 0.497 e. The van der Waals surface area contributed by atoms with Crippen LogP contribution < -0.4 is 9.47 Å². The highest BCUT2D eigenvalue weighted by molar-refractivity contribution is 7.89. The summed E-state index contributed by atoms with van der Waals surface area (Å²) >= 11 is 0. The highest BCUT2D eigenvalue weighted by atomic mass is 32.2. The van der Waals surface area contributed by atoms with Gasteiger partial charge in [0.25, 0.3) is 0 Å². The van der Waals surface area contributed by atoms with Crippen molar-refractivity contribution in [1.82, 2.24) is 8.61 Å². The molecule has 0 unspecified atom stereocenters. The van der Waals surface area contributed by atoms with Gasteiger partial charge < -0.3 is 14.6 Å². The number of ether oxygens (including phenoxy) is 2. The van der Waals surface area contributed by atoms with Crippen molar-refractivity contribution in [2.75, 3.05) is 33.9 Å². The summed E-state index contributed by atoms with van der Waals surface area (Å²) in [6.45, 7) is 2.67. The SMILES string of the molecule is COc1ccc(C#Cc2ccc3c(c2)O[C@H](CN(C)S(=O)(=O)c2ccccc2F)[C@@H](C)CN([C@H](C)CO)S3(=O)=O)cc1. The van der Waals surface area contributed by atoms with Crippen LogP contribution in [0.5, 0.6) is 11.5 Å². The molecule has 0 aromatic heterocycles. The molecule has 0 radical (unpaired) electrons. The molecule has 42 heavy (non-hydrogen) atoms. The van der Waals surface area contributed by atoms with Crippen LogP contribution in [0.4, 0.5) is 4.39 Å². The normalized spacial score (nSPS) is 19.4. The molecule has 12 heteroatoms. The van der Waals surface area contributed by atoms with Gasteiger partial charge in [-0.3, -0.25) is 0 Å². The van der Waals surface area contributed by atoms with Gasteiger partial charge in [-0.2, -0.15) is 8.61 Å². The van der Waals surface area contributed by atoms with E-state index in [2.05, 4.69) is 11.8 Å². The number of methoxy groups -OCH3 is 1. The van der Waals surface area contributed by atoms with E-state index in [0.29, 0.717) is 16.9 Å². The summed E-state index contributed by atoms with van der Waals surface area (Å²) < 4.78 is 81.9. The van der Waals surface area contributed by atoms with Crippen molar-refractivity contribution in [2.45, 2.75) is 35.8 Å². The Bertz CT molecular complexity index is 1700. The Morgan fingerprint density at radius 3 is 2.40 bits per heavy atom. The lowest BCUT2D eigenvalue weighted by molar-refractivity contribution is 0.0904. The van der Waals surface area contributed by atoms with Crippen molar-refractivity contribution >= 4 is 20.0 Å². The van der Waals surface area contributed by atoms with E-state index in [4.69, 9.17) is 9.47 Å². The molecule has 0 bridgehead atoms. The van der Waals surface area contributed by atoms with Gasteiger partial charge in [0.1, 0.15) is 33.2 Å². The minimum atomic E-state index is -4.23. The van der Waals surface area contributed by atoms with Crippen LogP contribution in [0.15, 0.2) is 76.5 Å². The topological polar surface area (TPSA) is 113 Å². The standard InChI is InChI=1S/C30H33FN2O7S2/c1-21-18-33(22(2)20-34)42(37,38)30-16-13-24(10-9-23-11-14-25(39-4)15-12-23)17-27(30)40-28(21)19-32(3)41(35,36)29-8-6-5-7-26(29)31/h5-8,11-17,21-22,28,34H,18-20H2,1-4H3/t21-,22+,28+/m0/s1. The lowest BCUT2D eigenvalue weighted by Crippen LogP contribution is -2.50. The number of aliphatic hydroxyl groups is 1. The van der Waals surface area contributed by atoms with Crippen molar-refractivity contribution in [3.05, 3.63) is 83.7 Å². The van der Waals surface area contributed by atoms with Gasteiger partial charge in [0.2, 0.25) is 20.0 Å². The summed E-state index contributed by atoms with van der Waals surface area (Å²) in [6.07, 6.45) is -0.830. The zero-order valence-electron chi connectivity index (χ0n) is 23.7. The van der Waals surface area contributed by atoms with E-state index in [9.17, 15) is 26.3 Å². The Labute approximate surface area is 246 Å². The fourth-order valence-electron chi connectivity index (χ4n) is 4.51. The van der Waals surface area contributed by atoms with Crippen molar-refractivity contribution in [3.8, 4) is 23.3 Å². The number of likely N-dealkylation sites (N-methyl/N-ethyl adjacent to an activating group) is 1. The van der Waals surface area contributed by atoms with E-state index in [-0.39, 0.29) is 23.7 Å². The zero-order chi connectivity index (χ0) is 30.7. The number of nitrogens with zero attached hydrogens (tertiary/aromatic N) is 2. The van der Waals surface area contributed by atoms with Crippen LogP contribution in [0.3, 0.4) is 0 Å². The molecule has 0 amide bonds. The second-order valence-electron chi connectivity index (χ2n) is 10.1. The molecule has 1 aliphatic rings. The number of aliphatic hydroxyl groups excluding tert-OH is 1. The molecule has 0 spiro atoms. The summed E-state index contributed by atoms with van der Waals surface area (Å²) in [7, 11) is -5.44. The maximum Gasteiger partial charge on any atom is 0.247 e. The lowest BCUT2D eigenvalue weighted by Gasteiger charge is -2.37. The Morgan fingerprint density at radius 1 is 1.12 bits per heavy atom.